The van der Waals surface area contributed by atoms with E-state index in [2.05, 4.69) is 10.1 Å². The molecule has 23 heavy (non-hydrogen) atoms. The second-order valence-electron chi connectivity index (χ2n) is 5.27. The van der Waals surface area contributed by atoms with Crippen molar-refractivity contribution in [3.8, 4) is 11.3 Å². The number of benzene rings is 1. The van der Waals surface area contributed by atoms with Gasteiger partial charge in [0.15, 0.2) is 11.5 Å². The maximum absolute atomic E-state index is 12.4. The van der Waals surface area contributed by atoms with Crippen molar-refractivity contribution >= 4 is 5.91 Å². The maximum Gasteiger partial charge on any atom is 0.275 e. The highest BCUT2D eigenvalue weighted by Crippen LogP contribution is 2.20. The minimum Gasteiger partial charge on any atom is -0.355 e. The van der Waals surface area contributed by atoms with Gasteiger partial charge in [-0.15, -0.1) is 0 Å². The molecule has 0 saturated heterocycles. The van der Waals surface area contributed by atoms with Crippen molar-refractivity contribution in [3.05, 3.63) is 72.2 Å². The summed E-state index contributed by atoms with van der Waals surface area (Å²) < 4.78 is 5.28. The molecule has 1 amide bonds. The molecule has 3 rings (SSSR count). The van der Waals surface area contributed by atoms with Crippen molar-refractivity contribution in [2.75, 3.05) is 13.6 Å². The molecule has 0 N–H and O–H groups in total. The molecular weight excluding hydrogens is 290 g/mol. The summed E-state index contributed by atoms with van der Waals surface area (Å²) in [4.78, 5) is 18.0. The van der Waals surface area contributed by atoms with Crippen molar-refractivity contribution < 1.29 is 9.32 Å². The van der Waals surface area contributed by atoms with Crippen LogP contribution in [0.15, 0.2) is 65.4 Å². The highest BCUT2D eigenvalue weighted by atomic mass is 16.5. The summed E-state index contributed by atoms with van der Waals surface area (Å²) in [6.45, 7) is 0.608. The summed E-state index contributed by atoms with van der Waals surface area (Å²) in [7, 11) is 1.76. The molecule has 5 nitrogen and oxygen atoms in total. The standard InChI is InChI=1S/C18H17N3O2/c1-21(12-9-14-7-10-19-11-8-14)18(22)16-13-17(23-20-16)15-5-3-2-4-6-15/h2-8,10-11,13H,9,12H2,1H3. The van der Waals surface area contributed by atoms with Crippen LogP contribution in [0.5, 0.6) is 0 Å². The largest absolute Gasteiger partial charge is 0.355 e. The van der Waals surface area contributed by atoms with Crippen molar-refractivity contribution in [1.82, 2.24) is 15.0 Å². The second-order valence-corrected chi connectivity index (χ2v) is 5.27. The predicted molar refractivity (Wildman–Crippen MR) is 86.8 cm³/mol. The Morgan fingerprint density at radius 1 is 1.13 bits per heavy atom. The monoisotopic (exact) mass is 307 g/mol. The summed E-state index contributed by atoms with van der Waals surface area (Å²) in [5.41, 5.74) is 2.37. The minimum atomic E-state index is -0.148. The summed E-state index contributed by atoms with van der Waals surface area (Å²) >= 11 is 0. The van der Waals surface area contributed by atoms with Gasteiger partial charge in [0.2, 0.25) is 0 Å². The first-order valence-electron chi connectivity index (χ1n) is 7.40. The molecule has 0 bridgehead atoms. The molecule has 116 valence electrons. The van der Waals surface area contributed by atoms with Crippen LogP contribution < -0.4 is 0 Å². The molecule has 0 saturated carbocycles. The number of hydrogen-bond acceptors (Lipinski definition) is 4. The lowest BCUT2D eigenvalue weighted by molar-refractivity contribution is 0.0786. The van der Waals surface area contributed by atoms with E-state index in [0.29, 0.717) is 18.0 Å². The average Bonchev–Trinajstić information content (AvgIpc) is 3.11. The van der Waals surface area contributed by atoms with Gasteiger partial charge in [-0.2, -0.15) is 0 Å². The molecule has 0 fully saturated rings. The van der Waals surface area contributed by atoms with Gasteiger partial charge in [0.25, 0.3) is 5.91 Å². The Hall–Kier alpha value is -2.95. The van der Waals surface area contributed by atoms with Crippen molar-refractivity contribution in [3.63, 3.8) is 0 Å². The summed E-state index contributed by atoms with van der Waals surface area (Å²) in [6, 6.07) is 15.2. The smallest absolute Gasteiger partial charge is 0.275 e. The molecule has 0 unspecified atom stereocenters. The van der Waals surface area contributed by atoms with Crippen LogP contribution >= 0.6 is 0 Å². The Balaban J connectivity index is 1.65. The first-order valence-corrected chi connectivity index (χ1v) is 7.40. The molecule has 0 aliphatic carbocycles. The molecule has 0 radical (unpaired) electrons. The van der Waals surface area contributed by atoms with Gasteiger partial charge in [-0.25, -0.2) is 0 Å². The predicted octanol–water partition coefficient (Wildman–Crippen LogP) is 3.05. The van der Waals surface area contributed by atoms with Gasteiger partial charge in [-0.1, -0.05) is 35.5 Å². The second kappa shape index (κ2) is 6.87. The fourth-order valence-electron chi connectivity index (χ4n) is 2.26. The van der Waals surface area contributed by atoms with Crippen molar-refractivity contribution in [2.24, 2.45) is 0 Å². The van der Waals surface area contributed by atoms with Gasteiger partial charge < -0.3 is 9.42 Å². The zero-order chi connectivity index (χ0) is 16.1. The van der Waals surface area contributed by atoms with E-state index < -0.39 is 0 Å². The number of aromatic nitrogens is 2. The van der Waals surface area contributed by atoms with E-state index in [1.54, 1.807) is 30.4 Å². The topological polar surface area (TPSA) is 59.2 Å². The number of hydrogen-bond donors (Lipinski definition) is 0. The first-order chi connectivity index (χ1) is 11.2. The summed E-state index contributed by atoms with van der Waals surface area (Å²) in [6.07, 6.45) is 4.27. The van der Waals surface area contributed by atoms with Crippen LogP contribution in [0.1, 0.15) is 16.1 Å². The number of amides is 1. The number of carbonyl (C=O) groups is 1. The van der Waals surface area contributed by atoms with Crippen LogP contribution in [0, 0.1) is 0 Å². The Bertz CT molecular complexity index is 769. The molecule has 0 aliphatic rings. The van der Waals surface area contributed by atoms with Crippen LogP contribution in [0.3, 0.4) is 0 Å². The third-order valence-corrected chi connectivity index (χ3v) is 3.62. The zero-order valence-corrected chi connectivity index (χ0v) is 12.8. The molecular formula is C18H17N3O2. The summed E-state index contributed by atoms with van der Waals surface area (Å²) in [5.74, 6) is 0.446. The van der Waals surface area contributed by atoms with E-state index in [4.69, 9.17) is 4.52 Å². The Labute approximate surface area is 134 Å². The SMILES string of the molecule is CN(CCc1ccncc1)C(=O)c1cc(-c2ccccc2)on1. The normalized spacial score (nSPS) is 10.5. The quantitative estimate of drug-likeness (QED) is 0.727. The number of likely N-dealkylation sites (N-methyl/N-ethyl adjacent to an activating group) is 1. The van der Waals surface area contributed by atoms with E-state index in [9.17, 15) is 4.79 Å². The van der Waals surface area contributed by atoms with E-state index in [1.807, 2.05) is 42.5 Å². The van der Waals surface area contributed by atoms with Crippen LogP contribution in [-0.4, -0.2) is 34.5 Å². The average molecular weight is 307 g/mol. The van der Waals surface area contributed by atoms with Crippen LogP contribution in [-0.2, 0) is 6.42 Å². The van der Waals surface area contributed by atoms with Crippen molar-refractivity contribution in [1.29, 1.82) is 0 Å². The third kappa shape index (κ3) is 3.63. The lowest BCUT2D eigenvalue weighted by Crippen LogP contribution is -2.29. The molecule has 5 heteroatoms. The van der Waals surface area contributed by atoms with Crippen LogP contribution in [0.2, 0.25) is 0 Å². The van der Waals surface area contributed by atoms with E-state index in [-0.39, 0.29) is 5.91 Å². The molecule has 1 aromatic carbocycles. The van der Waals surface area contributed by atoms with Gasteiger partial charge in [-0.3, -0.25) is 9.78 Å². The zero-order valence-electron chi connectivity index (χ0n) is 12.8. The molecule has 0 atom stereocenters. The molecule has 2 aromatic heterocycles. The minimum absolute atomic E-state index is 0.148. The molecule has 0 spiro atoms. The molecule has 0 aliphatic heterocycles. The Morgan fingerprint density at radius 3 is 2.61 bits per heavy atom. The fraction of sp³-hybridized carbons (Fsp3) is 0.167. The molecule has 2 heterocycles. The third-order valence-electron chi connectivity index (χ3n) is 3.62. The van der Waals surface area contributed by atoms with E-state index in [1.165, 1.54) is 0 Å². The Kier molecular flexibility index (Phi) is 4.47. The number of carbonyl (C=O) groups excluding carboxylic acids is 1. The first kappa shape index (κ1) is 15.0. The van der Waals surface area contributed by atoms with Gasteiger partial charge in [0.05, 0.1) is 0 Å². The maximum atomic E-state index is 12.4. The van der Waals surface area contributed by atoms with E-state index in [0.717, 1.165) is 17.5 Å². The van der Waals surface area contributed by atoms with Gasteiger partial charge in [0, 0.05) is 37.6 Å². The lowest BCUT2D eigenvalue weighted by Gasteiger charge is -2.15. The van der Waals surface area contributed by atoms with Gasteiger partial charge >= 0.3 is 0 Å². The summed E-state index contributed by atoms with van der Waals surface area (Å²) in [5, 5.41) is 3.89. The van der Waals surface area contributed by atoms with Crippen LogP contribution in [0.25, 0.3) is 11.3 Å². The number of rotatable bonds is 5. The highest BCUT2D eigenvalue weighted by Gasteiger charge is 2.17. The number of pyridine rings is 1. The van der Waals surface area contributed by atoms with E-state index >= 15 is 0 Å². The van der Waals surface area contributed by atoms with Crippen molar-refractivity contribution in [2.45, 2.75) is 6.42 Å². The van der Waals surface area contributed by atoms with Crippen LogP contribution in [0.4, 0.5) is 0 Å². The Morgan fingerprint density at radius 2 is 1.87 bits per heavy atom. The lowest BCUT2D eigenvalue weighted by atomic mass is 10.1. The molecule has 3 aromatic rings. The highest BCUT2D eigenvalue weighted by molar-refractivity contribution is 5.92. The number of nitrogens with zero attached hydrogens (tertiary/aromatic N) is 3. The fourth-order valence-corrected chi connectivity index (χ4v) is 2.26. The van der Waals surface area contributed by atoms with Gasteiger partial charge in [-0.05, 0) is 24.1 Å². The van der Waals surface area contributed by atoms with Gasteiger partial charge in [0.1, 0.15) is 0 Å².